The predicted molar refractivity (Wildman–Crippen MR) is 67.5 cm³/mol. The van der Waals surface area contributed by atoms with Gasteiger partial charge in [-0.15, -0.1) is 17.9 Å². The quantitative estimate of drug-likeness (QED) is 0.818. The number of hydrogen-bond acceptors (Lipinski definition) is 5. The number of aromatic nitrogens is 2. The van der Waals surface area contributed by atoms with E-state index in [4.69, 9.17) is 5.11 Å². The van der Waals surface area contributed by atoms with Crippen molar-refractivity contribution in [3.8, 4) is 0 Å². The van der Waals surface area contributed by atoms with E-state index in [9.17, 15) is 4.79 Å². The van der Waals surface area contributed by atoms with Gasteiger partial charge in [0.25, 0.3) is 0 Å². The second kappa shape index (κ2) is 4.92. The van der Waals surface area contributed by atoms with E-state index in [2.05, 4.69) is 16.5 Å². The highest BCUT2D eigenvalue weighted by molar-refractivity contribution is 7.16. The highest BCUT2D eigenvalue weighted by Crippen LogP contribution is 2.26. The normalized spacial score (nSPS) is 10.4. The molecule has 0 saturated carbocycles. The first-order chi connectivity index (χ1) is 8.22. The molecule has 2 aromatic rings. The van der Waals surface area contributed by atoms with Crippen molar-refractivity contribution in [3.63, 3.8) is 0 Å². The van der Waals surface area contributed by atoms with E-state index < -0.39 is 5.97 Å². The van der Waals surface area contributed by atoms with Crippen LogP contribution in [0, 0.1) is 0 Å². The van der Waals surface area contributed by atoms with Crippen LogP contribution in [0.4, 0.5) is 5.82 Å². The summed E-state index contributed by atoms with van der Waals surface area (Å²) in [5.41, 5.74) is 0. The van der Waals surface area contributed by atoms with Crippen molar-refractivity contribution in [1.82, 2.24) is 9.97 Å². The highest BCUT2D eigenvalue weighted by atomic mass is 32.1. The Balaban J connectivity index is 2.43. The van der Waals surface area contributed by atoms with E-state index in [0.29, 0.717) is 12.4 Å². The van der Waals surface area contributed by atoms with E-state index >= 15 is 0 Å². The molecular weight excluding hydrogens is 238 g/mol. The molecule has 0 bridgehead atoms. The van der Waals surface area contributed by atoms with Gasteiger partial charge in [0, 0.05) is 6.54 Å². The Bertz CT molecular complexity index is 552. The zero-order chi connectivity index (χ0) is 12.3. The average molecular weight is 249 g/mol. The maximum atomic E-state index is 10.8. The Morgan fingerprint density at radius 2 is 2.41 bits per heavy atom. The summed E-state index contributed by atoms with van der Waals surface area (Å²) in [6.07, 6.45) is 3.11. The lowest BCUT2D eigenvalue weighted by Gasteiger charge is -2.20. The van der Waals surface area contributed by atoms with Gasteiger partial charge in [0.15, 0.2) is 0 Å². The lowest BCUT2D eigenvalue weighted by Crippen LogP contribution is -2.30. The van der Waals surface area contributed by atoms with Crippen LogP contribution in [-0.2, 0) is 4.79 Å². The van der Waals surface area contributed by atoms with Crippen LogP contribution in [0.15, 0.2) is 30.4 Å². The summed E-state index contributed by atoms with van der Waals surface area (Å²) in [6.45, 7) is 3.96. The molecule has 17 heavy (non-hydrogen) atoms. The molecule has 2 heterocycles. The fourth-order valence-electron chi connectivity index (χ4n) is 1.57. The molecule has 5 nitrogen and oxygen atoms in total. The zero-order valence-electron chi connectivity index (χ0n) is 9.04. The Kier molecular flexibility index (Phi) is 3.34. The van der Waals surface area contributed by atoms with Crippen LogP contribution in [-0.4, -0.2) is 34.1 Å². The van der Waals surface area contributed by atoms with Crippen LogP contribution >= 0.6 is 11.3 Å². The number of aliphatic carboxylic acids is 1. The molecule has 0 spiro atoms. The molecule has 0 atom stereocenters. The van der Waals surface area contributed by atoms with Crippen LogP contribution in [0.3, 0.4) is 0 Å². The molecule has 6 heteroatoms. The van der Waals surface area contributed by atoms with Gasteiger partial charge in [-0.25, -0.2) is 9.97 Å². The Morgan fingerprint density at radius 1 is 1.59 bits per heavy atom. The summed E-state index contributed by atoms with van der Waals surface area (Å²) in [7, 11) is 0. The monoisotopic (exact) mass is 249 g/mol. The molecule has 0 aliphatic carbocycles. The topological polar surface area (TPSA) is 66.3 Å². The van der Waals surface area contributed by atoms with E-state index in [1.807, 2.05) is 11.4 Å². The van der Waals surface area contributed by atoms with Crippen molar-refractivity contribution in [2.45, 2.75) is 0 Å². The van der Waals surface area contributed by atoms with Crippen LogP contribution in [0.25, 0.3) is 10.2 Å². The van der Waals surface area contributed by atoms with Gasteiger partial charge in [-0.05, 0) is 11.4 Å². The minimum absolute atomic E-state index is 0.103. The minimum atomic E-state index is -0.895. The van der Waals surface area contributed by atoms with Gasteiger partial charge in [-0.2, -0.15) is 0 Å². The van der Waals surface area contributed by atoms with E-state index in [-0.39, 0.29) is 6.54 Å². The van der Waals surface area contributed by atoms with Crippen molar-refractivity contribution in [1.29, 1.82) is 0 Å². The number of thiophene rings is 1. The predicted octanol–water partition coefficient (Wildman–Crippen LogP) is 1.77. The van der Waals surface area contributed by atoms with Gasteiger partial charge in [-0.1, -0.05) is 6.08 Å². The molecule has 0 saturated heterocycles. The largest absolute Gasteiger partial charge is 0.480 e. The van der Waals surface area contributed by atoms with Gasteiger partial charge in [-0.3, -0.25) is 4.79 Å². The van der Waals surface area contributed by atoms with Crippen molar-refractivity contribution in [3.05, 3.63) is 30.4 Å². The second-order valence-corrected chi connectivity index (χ2v) is 4.29. The number of nitrogens with zero attached hydrogens (tertiary/aromatic N) is 3. The molecular formula is C11H11N3O2S. The number of anilines is 1. The van der Waals surface area contributed by atoms with Crippen LogP contribution in [0.5, 0.6) is 0 Å². The summed E-state index contributed by atoms with van der Waals surface area (Å²) in [5.74, 6) is -0.257. The maximum absolute atomic E-state index is 10.8. The smallest absolute Gasteiger partial charge is 0.323 e. The van der Waals surface area contributed by atoms with Gasteiger partial charge < -0.3 is 10.0 Å². The zero-order valence-corrected chi connectivity index (χ0v) is 9.85. The van der Waals surface area contributed by atoms with Crippen LogP contribution in [0.2, 0.25) is 0 Å². The molecule has 0 amide bonds. The summed E-state index contributed by atoms with van der Waals surface area (Å²) in [4.78, 5) is 21.6. The van der Waals surface area contributed by atoms with Crippen molar-refractivity contribution in [2.24, 2.45) is 0 Å². The standard InChI is InChI=1S/C11H11N3O2S/c1-2-4-14(6-9(15)16)10-8-3-5-17-11(8)13-7-12-10/h2-3,5,7H,1,4,6H2,(H,15,16). The lowest BCUT2D eigenvalue weighted by molar-refractivity contribution is -0.135. The molecule has 88 valence electrons. The third-order valence-corrected chi connectivity index (χ3v) is 3.04. The minimum Gasteiger partial charge on any atom is -0.480 e. The maximum Gasteiger partial charge on any atom is 0.323 e. The Labute approximate surface area is 102 Å². The molecule has 0 fully saturated rings. The molecule has 0 unspecified atom stereocenters. The number of rotatable bonds is 5. The van der Waals surface area contributed by atoms with E-state index in [0.717, 1.165) is 10.2 Å². The molecule has 2 rings (SSSR count). The van der Waals surface area contributed by atoms with E-state index in [1.165, 1.54) is 17.7 Å². The number of fused-ring (bicyclic) bond motifs is 1. The first-order valence-electron chi connectivity index (χ1n) is 4.98. The van der Waals surface area contributed by atoms with E-state index in [1.54, 1.807) is 11.0 Å². The van der Waals surface area contributed by atoms with Gasteiger partial charge in [0.2, 0.25) is 0 Å². The molecule has 2 aromatic heterocycles. The SMILES string of the molecule is C=CCN(CC(=O)O)c1ncnc2sccc12. The summed E-state index contributed by atoms with van der Waals surface area (Å²) < 4.78 is 0. The van der Waals surface area contributed by atoms with Crippen molar-refractivity contribution in [2.75, 3.05) is 18.0 Å². The van der Waals surface area contributed by atoms with Crippen molar-refractivity contribution < 1.29 is 9.90 Å². The molecule has 0 radical (unpaired) electrons. The van der Waals surface area contributed by atoms with Crippen LogP contribution in [0.1, 0.15) is 0 Å². The summed E-state index contributed by atoms with van der Waals surface area (Å²) in [6, 6.07) is 1.90. The number of carbonyl (C=O) groups is 1. The highest BCUT2D eigenvalue weighted by Gasteiger charge is 2.14. The van der Waals surface area contributed by atoms with Gasteiger partial charge in [0.05, 0.1) is 5.39 Å². The first kappa shape index (κ1) is 11.5. The fourth-order valence-corrected chi connectivity index (χ4v) is 2.30. The molecule has 0 aliphatic rings. The Morgan fingerprint density at radius 3 is 3.12 bits per heavy atom. The second-order valence-electron chi connectivity index (χ2n) is 3.40. The fraction of sp³-hybridized carbons (Fsp3) is 0.182. The van der Waals surface area contributed by atoms with Crippen molar-refractivity contribution >= 4 is 33.3 Å². The molecule has 1 N–H and O–H groups in total. The lowest BCUT2D eigenvalue weighted by atomic mass is 10.3. The molecule has 0 aliphatic heterocycles. The number of carboxylic acids is 1. The number of carboxylic acid groups (broad SMARTS) is 1. The van der Waals surface area contributed by atoms with Gasteiger partial charge >= 0.3 is 5.97 Å². The summed E-state index contributed by atoms with van der Waals surface area (Å²) in [5, 5.41) is 11.7. The molecule has 0 aromatic carbocycles. The third kappa shape index (κ3) is 2.42. The average Bonchev–Trinajstić information content (AvgIpc) is 2.75. The van der Waals surface area contributed by atoms with Crippen LogP contribution < -0.4 is 4.90 Å². The summed E-state index contributed by atoms with van der Waals surface area (Å²) >= 11 is 1.50. The third-order valence-electron chi connectivity index (χ3n) is 2.22. The Hall–Kier alpha value is -1.95. The first-order valence-corrected chi connectivity index (χ1v) is 5.86. The number of hydrogen-bond donors (Lipinski definition) is 1. The van der Waals surface area contributed by atoms with Gasteiger partial charge in [0.1, 0.15) is 23.5 Å².